The molecule has 0 aliphatic carbocycles. The molecule has 2 heterocycles. The van der Waals surface area contributed by atoms with E-state index in [2.05, 4.69) is 22.5 Å². The highest BCUT2D eigenvalue weighted by Crippen LogP contribution is 2.15. The second-order valence-corrected chi connectivity index (χ2v) is 6.29. The minimum absolute atomic E-state index is 0.122. The van der Waals surface area contributed by atoms with Gasteiger partial charge in [0.25, 0.3) is 5.91 Å². The van der Waals surface area contributed by atoms with Crippen LogP contribution in [0.1, 0.15) is 36.4 Å². The van der Waals surface area contributed by atoms with Crippen molar-refractivity contribution in [3.05, 3.63) is 22.4 Å². The van der Waals surface area contributed by atoms with Gasteiger partial charge in [-0.3, -0.25) is 14.5 Å². The van der Waals surface area contributed by atoms with Crippen LogP contribution in [0.25, 0.3) is 0 Å². The van der Waals surface area contributed by atoms with Crippen LogP contribution in [0.4, 0.5) is 0 Å². The molecule has 21 heavy (non-hydrogen) atoms. The molecule has 0 saturated carbocycles. The predicted molar refractivity (Wildman–Crippen MR) is 84.5 cm³/mol. The van der Waals surface area contributed by atoms with Gasteiger partial charge in [-0.15, -0.1) is 11.3 Å². The van der Waals surface area contributed by atoms with Crippen molar-refractivity contribution in [2.45, 2.75) is 38.8 Å². The minimum atomic E-state index is -0.518. The Balaban J connectivity index is 1.76. The van der Waals surface area contributed by atoms with Crippen LogP contribution in [-0.2, 0) is 4.79 Å². The van der Waals surface area contributed by atoms with Gasteiger partial charge in [0.05, 0.1) is 4.88 Å². The van der Waals surface area contributed by atoms with E-state index in [1.165, 1.54) is 17.8 Å². The van der Waals surface area contributed by atoms with Crippen molar-refractivity contribution in [1.82, 2.24) is 15.5 Å². The second-order valence-electron chi connectivity index (χ2n) is 5.34. The van der Waals surface area contributed by atoms with Gasteiger partial charge in [0.2, 0.25) is 5.91 Å². The highest BCUT2D eigenvalue weighted by atomic mass is 32.1. The lowest BCUT2D eigenvalue weighted by molar-refractivity contribution is -0.122. The molecule has 0 aromatic carbocycles. The number of amides is 2. The monoisotopic (exact) mass is 309 g/mol. The zero-order valence-electron chi connectivity index (χ0n) is 12.6. The number of hydrogen-bond donors (Lipinski definition) is 2. The van der Waals surface area contributed by atoms with Crippen LogP contribution in [0.15, 0.2) is 17.5 Å². The van der Waals surface area contributed by atoms with Gasteiger partial charge in [0, 0.05) is 12.6 Å². The molecular weight excluding hydrogens is 286 g/mol. The Bertz CT molecular complexity index is 475. The molecule has 2 rings (SSSR count). The van der Waals surface area contributed by atoms with Gasteiger partial charge >= 0.3 is 0 Å². The van der Waals surface area contributed by atoms with Crippen molar-refractivity contribution >= 4 is 23.2 Å². The van der Waals surface area contributed by atoms with E-state index in [1.54, 1.807) is 13.0 Å². The van der Waals surface area contributed by atoms with Crippen LogP contribution in [0.2, 0.25) is 0 Å². The molecule has 1 saturated heterocycles. The smallest absolute Gasteiger partial charge is 0.261 e. The summed E-state index contributed by atoms with van der Waals surface area (Å²) in [6, 6.07) is 3.49. The third-order valence-electron chi connectivity index (χ3n) is 3.90. The van der Waals surface area contributed by atoms with Crippen LogP contribution >= 0.6 is 11.3 Å². The molecular formula is C15H23N3O2S. The molecule has 1 aliphatic heterocycles. The summed E-state index contributed by atoms with van der Waals surface area (Å²) in [5.41, 5.74) is 0. The second kappa shape index (κ2) is 7.56. The maximum Gasteiger partial charge on any atom is 0.261 e. The topological polar surface area (TPSA) is 61.4 Å². The SMILES string of the molecule is CCN1CCCC1CNC(=O)C(C)NC(=O)c1cccs1. The Morgan fingerprint density at radius 2 is 2.33 bits per heavy atom. The summed E-state index contributed by atoms with van der Waals surface area (Å²) in [7, 11) is 0. The molecule has 1 aromatic rings. The summed E-state index contributed by atoms with van der Waals surface area (Å²) >= 11 is 1.37. The van der Waals surface area contributed by atoms with Crippen molar-refractivity contribution < 1.29 is 9.59 Å². The normalized spacial score (nSPS) is 20.2. The first kappa shape index (κ1) is 16.0. The fourth-order valence-electron chi connectivity index (χ4n) is 2.66. The van der Waals surface area contributed by atoms with Crippen molar-refractivity contribution in [3.8, 4) is 0 Å². The van der Waals surface area contributed by atoms with Crippen LogP contribution in [-0.4, -0.2) is 48.4 Å². The first-order valence-corrected chi connectivity index (χ1v) is 8.36. The van der Waals surface area contributed by atoms with Gasteiger partial charge in [-0.05, 0) is 44.3 Å². The van der Waals surface area contributed by atoms with Crippen molar-refractivity contribution in [1.29, 1.82) is 0 Å². The van der Waals surface area contributed by atoms with Gasteiger partial charge in [-0.2, -0.15) is 0 Å². The molecule has 2 amide bonds. The number of hydrogen-bond acceptors (Lipinski definition) is 4. The largest absolute Gasteiger partial charge is 0.353 e. The number of rotatable bonds is 6. The van der Waals surface area contributed by atoms with Gasteiger partial charge in [0.15, 0.2) is 0 Å². The molecule has 1 fully saturated rings. The van der Waals surface area contributed by atoms with E-state index in [1.807, 2.05) is 11.4 Å². The summed E-state index contributed by atoms with van der Waals surface area (Å²) in [5, 5.41) is 7.52. The van der Waals surface area contributed by atoms with Gasteiger partial charge in [0.1, 0.15) is 6.04 Å². The van der Waals surface area contributed by atoms with E-state index >= 15 is 0 Å². The van der Waals surface area contributed by atoms with E-state index in [4.69, 9.17) is 0 Å². The lowest BCUT2D eigenvalue weighted by Crippen LogP contribution is -2.48. The van der Waals surface area contributed by atoms with E-state index in [0.717, 1.165) is 19.5 Å². The number of thiophene rings is 1. The number of nitrogens with one attached hydrogen (secondary N) is 2. The summed E-state index contributed by atoms with van der Waals surface area (Å²) in [4.78, 5) is 27.0. The molecule has 6 heteroatoms. The first-order chi connectivity index (χ1) is 10.1. The predicted octanol–water partition coefficient (Wildman–Crippen LogP) is 1.47. The zero-order valence-corrected chi connectivity index (χ0v) is 13.4. The van der Waals surface area contributed by atoms with Crippen molar-refractivity contribution in [2.24, 2.45) is 0 Å². The number of likely N-dealkylation sites (tertiary alicyclic amines) is 1. The van der Waals surface area contributed by atoms with Crippen LogP contribution < -0.4 is 10.6 Å². The molecule has 1 aliphatic rings. The zero-order chi connectivity index (χ0) is 15.2. The van der Waals surface area contributed by atoms with Crippen molar-refractivity contribution in [3.63, 3.8) is 0 Å². The lowest BCUT2D eigenvalue weighted by Gasteiger charge is -2.23. The molecule has 116 valence electrons. The summed E-state index contributed by atoms with van der Waals surface area (Å²) in [6.45, 7) is 6.65. The van der Waals surface area contributed by atoms with Crippen LogP contribution in [0.3, 0.4) is 0 Å². The van der Waals surface area contributed by atoms with Crippen molar-refractivity contribution in [2.75, 3.05) is 19.6 Å². The average Bonchev–Trinajstić information content (AvgIpc) is 3.15. The Morgan fingerprint density at radius 3 is 3.00 bits per heavy atom. The maximum atomic E-state index is 12.1. The van der Waals surface area contributed by atoms with E-state index in [9.17, 15) is 9.59 Å². The third-order valence-corrected chi connectivity index (χ3v) is 4.77. The van der Waals surface area contributed by atoms with E-state index in [-0.39, 0.29) is 11.8 Å². The molecule has 2 N–H and O–H groups in total. The Morgan fingerprint density at radius 1 is 1.52 bits per heavy atom. The molecule has 0 spiro atoms. The number of carbonyl (C=O) groups is 2. The Kier molecular flexibility index (Phi) is 5.76. The minimum Gasteiger partial charge on any atom is -0.353 e. The lowest BCUT2D eigenvalue weighted by atomic mass is 10.2. The number of likely N-dealkylation sites (N-methyl/N-ethyl adjacent to an activating group) is 1. The van der Waals surface area contributed by atoms with E-state index < -0.39 is 6.04 Å². The van der Waals surface area contributed by atoms with Crippen LogP contribution in [0.5, 0.6) is 0 Å². The quantitative estimate of drug-likeness (QED) is 0.836. The summed E-state index contributed by atoms with van der Waals surface area (Å²) in [5.74, 6) is -0.313. The Labute approximate surface area is 129 Å². The first-order valence-electron chi connectivity index (χ1n) is 7.48. The maximum absolute atomic E-state index is 12.1. The highest BCUT2D eigenvalue weighted by Gasteiger charge is 2.24. The third kappa shape index (κ3) is 4.28. The van der Waals surface area contributed by atoms with Gasteiger partial charge < -0.3 is 10.6 Å². The summed E-state index contributed by atoms with van der Waals surface area (Å²) < 4.78 is 0. The van der Waals surface area contributed by atoms with Gasteiger partial charge in [-0.1, -0.05) is 13.0 Å². The van der Waals surface area contributed by atoms with Gasteiger partial charge in [-0.25, -0.2) is 0 Å². The van der Waals surface area contributed by atoms with E-state index in [0.29, 0.717) is 17.5 Å². The molecule has 0 radical (unpaired) electrons. The average molecular weight is 309 g/mol. The molecule has 5 nitrogen and oxygen atoms in total. The highest BCUT2D eigenvalue weighted by molar-refractivity contribution is 7.12. The molecule has 2 unspecified atom stereocenters. The number of nitrogens with zero attached hydrogens (tertiary/aromatic N) is 1. The Hall–Kier alpha value is -1.40. The summed E-state index contributed by atoms with van der Waals surface area (Å²) in [6.07, 6.45) is 2.32. The molecule has 1 aromatic heterocycles. The van der Waals surface area contributed by atoms with Crippen LogP contribution in [0, 0.1) is 0 Å². The fraction of sp³-hybridized carbons (Fsp3) is 0.600. The number of carbonyl (C=O) groups excluding carboxylic acids is 2. The fourth-order valence-corrected chi connectivity index (χ4v) is 3.28. The molecule has 2 atom stereocenters. The molecule has 0 bridgehead atoms. The standard InChI is InChI=1S/C15H23N3O2S/c1-3-18-8-4-6-12(18)10-16-14(19)11(2)17-15(20)13-7-5-9-21-13/h5,7,9,11-12H,3-4,6,8,10H2,1-2H3,(H,16,19)(H,17,20).